The van der Waals surface area contributed by atoms with Crippen molar-refractivity contribution in [1.29, 1.82) is 0 Å². The summed E-state index contributed by atoms with van der Waals surface area (Å²) in [5, 5.41) is 27.7. The first-order valence-corrected chi connectivity index (χ1v) is 7.34. The van der Waals surface area contributed by atoms with Gasteiger partial charge in [0.15, 0.2) is 0 Å². The van der Waals surface area contributed by atoms with Crippen molar-refractivity contribution in [2.24, 2.45) is 5.73 Å². The third-order valence-electron chi connectivity index (χ3n) is 3.31. The van der Waals surface area contributed by atoms with Gasteiger partial charge in [0.05, 0.1) is 12.1 Å². The molecule has 0 aliphatic carbocycles. The SMILES string of the molecule is CN[C@@H](CN)C(=O)NCC(NC(=O)[C@H](CCC(=O)O)NC)C(=O)O. The van der Waals surface area contributed by atoms with Crippen LogP contribution in [0.25, 0.3) is 0 Å². The summed E-state index contributed by atoms with van der Waals surface area (Å²) in [6.45, 7) is -0.295. The van der Waals surface area contributed by atoms with Crippen LogP contribution in [-0.4, -0.2) is 79.3 Å². The maximum atomic E-state index is 12.0. The summed E-state index contributed by atoms with van der Waals surface area (Å²) in [5.74, 6) is -3.54. The van der Waals surface area contributed by atoms with Gasteiger partial charge in [-0.15, -0.1) is 0 Å². The maximum absolute atomic E-state index is 12.0. The van der Waals surface area contributed by atoms with Crippen molar-refractivity contribution in [3.63, 3.8) is 0 Å². The number of carboxylic acids is 2. The number of amides is 2. The molecule has 24 heavy (non-hydrogen) atoms. The minimum atomic E-state index is -1.35. The minimum absolute atomic E-state index is 0.00532. The number of carbonyl (C=O) groups is 4. The molecule has 0 rings (SSSR count). The molecule has 0 radical (unpaired) electrons. The molecular weight excluding hydrogens is 322 g/mol. The number of likely N-dealkylation sites (N-methyl/N-ethyl adjacent to an activating group) is 2. The first-order chi connectivity index (χ1) is 11.3. The van der Waals surface area contributed by atoms with Crippen molar-refractivity contribution in [3.05, 3.63) is 0 Å². The van der Waals surface area contributed by atoms with Crippen LogP contribution in [0.1, 0.15) is 12.8 Å². The third kappa shape index (κ3) is 7.85. The Bertz CT molecular complexity index is 454. The van der Waals surface area contributed by atoms with Crippen molar-refractivity contribution in [1.82, 2.24) is 21.3 Å². The molecule has 0 aromatic rings. The number of aliphatic carboxylic acids is 2. The van der Waals surface area contributed by atoms with E-state index in [1.165, 1.54) is 14.1 Å². The highest BCUT2D eigenvalue weighted by Gasteiger charge is 2.26. The van der Waals surface area contributed by atoms with Gasteiger partial charge in [-0.3, -0.25) is 14.4 Å². The lowest BCUT2D eigenvalue weighted by Crippen LogP contribution is -2.55. The van der Waals surface area contributed by atoms with Gasteiger partial charge in [-0.25, -0.2) is 4.79 Å². The summed E-state index contributed by atoms with van der Waals surface area (Å²) in [4.78, 5) is 45.5. The fourth-order valence-electron chi connectivity index (χ4n) is 1.83. The zero-order valence-corrected chi connectivity index (χ0v) is 13.7. The van der Waals surface area contributed by atoms with Crippen LogP contribution in [-0.2, 0) is 19.2 Å². The van der Waals surface area contributed by atoms with Gasteiger partial charge in [0, 0.05) is 19.5 Å². The maximum Gasteiger partial charge on any atom is 0.328 e. The van der Waals surface area contributed by atoms with Gasteiger partial charge in [0.1, 0.15) is 6.04 Å². The van der Waals surface area contributed by atoms with Gasteiger partial charge in [-0.2, -0.15) is 0 Å². The van der Waals surface area contributed by atoms with E-state index in [0.29, 0.717) is 0 Å². The molecule has 0 aliphatic rings. The predicted octanol–water partition coefficient (Wildman–Crippen LogP) is -3.33. The smallest absolute Gasteiger partial charge is 0.328 e. The average Bonchev–Trinajstić information content (AvgIpc) is 2.52. The molecule has 0 fully saturated rings. The van der Waals surface area contributed by atoms with E-state index in [9.17, 15) is 19.2 Å². The Kier molecular flexibility index (Phi) is 10.3. The fraction of sp³-hybridized carbons (Fsp3) is 0.692. The van der Waals surface area contributed by atoms with E-state index in [-0.39, 0.29) is 25.9 Å². The second kappa shape index (κ2) is 11.3. The molecule has 0 heterocycles. The summed E-state index contributed by atoms with van der Waals surface area (Å²) >= 11 is 0. The Hall–Kier alpha value is -2.24. The van der Waals surface area contributed by atoms with Crippen molar-refractivity contribution in [3.8, 4) is 0 Å². The second-order valence-corrected chi connectivity index (χ2v) is 5.00. The zero-order valence-electron chi connectivity index (χ0n) is 13.7. The summed E-state index contributed by atoms with van der Waals surface area (Å²) in [7, 11) is 3.00. The summed E-state index contributed by atoms with van der Waals surface area (Å²) in [6, 6.07) is -2.87. The lowest BCUT2D eigenvalue weighted by atomic mass is 10.1. The molecule has 0 aromatic carbocycles. The number of hydrogen-bond donors (Lipinski definition) is 7. The normalized spacial score (nSPS) is 14.3. The van der Waals surface area contributed by atoms with Crippen LogP contribution < -0.4 is 27.0 Å². The first-order valence-electron chi connectivity index (χ1n) is 7.34. The van der Waals surface area contributed by atoms with E-state index in [4.69, 9.17) is 15.9 Å². The number of carboxylic acid groups (broad SMARTS) is 2. The summed E-state index contributed by atoms with van der Waals surface area (Å²) in [6.07, 6.45) is -0.237. The lowest BCUT2D eigenvalue weighted by Gasteiger charge is -2.21. The van der Waals surface area contributed by atoms with Crippen molar-refractivity contribution < 1.29 is 29.4 Å². The van der Waals surface area contributed by atoms with E-state index in [1.54, 1.807) is 0 Å². The largest absolute Gasteiger partial charge is 0.481 e. The monoisotopic (exact) mass is 347 g/mol. The average molecular weight is 347 g/mol. The molecule has 8 N–H and O–H groups in total. The molecule has 1 unspecified atom stereocenters. The number of rotatable bonds is 12. The molecular formula is C13H25N5O6. The van der Waals surface area contributed by atoms with E-state index in [1.807, 2.05) is 0 Å². The van der Waals surface area contributed by atoms with Crippen LogP contribution in [0.3, 0.4) is 0 Å². The predicted molar refractivity (Wildman–Crippen MR) is 84.2 cm³/mol. The summed E-state index contributed by atoms with van der Waals surface area (Å²) in [5.41, 5.74) is 5.38. The molecule has 11 nitrogen and oxygen atoms in total. The second-order valence-electron chi connectivity index (χ2n) is 5.00. The van der Waals surface area contributed by atoms with E-state index in [2.05, 4.69) is 21.3 Å². The van der Waals surface area contributed by atoms with Crippen LogP contribution in [0.4, 0.5) is 0 Å². The molecule has 138 valence electrons. The lowest BCUT2D eigenvalue weighted by molar-refractivity contribution is -0.142. The van der Waals surface area contributed by atoms with Gasteiger partial charge in [0.2, 0.25) is 11.8 Å². The van der Waals surface area contributed by atoms with Crippen molar-refractivity contribution in [2.75, 3.05) is 27.2 Å². The van der Waals surface area contributed by atoms with E-state index >= 15 is 0 Å². The molecule has 2 amide bonds. The molecule has 0 spiro atoms. The van der Waals surface area contributed by atoms with Gasteiger partial charge >= 0.3 is 11.9 Å². The number of hydrogen-bond acceptors (Lipinski definition) is 7. The van der Waals surface area contributed by atoms with E-state index in [0.717, 1.165) is 0 Å². The number of carbonyl (C=O) groups excluding carboxylic acids is 2. The molecule has 3 atom stereocenters. The topological polar surface area (TPSA) is 183 Å². The fourth-order valence-corrected chi connectivity index (χ4v) is 1.83. The van der Waals surface area contributed by atoms with Crippen LogP contribution in [0.5, 0.6) is 0 Å². The van der Waals surface area contributed by atoms with Gasteiger partial charge < -0.3 is 37.2 Å². The Morgan fingerprint density at radius 2 is 1.54 bits per heavy atom. The van der Waals surface area contributed by atoms with Crippen LogP contribution in [0.2, 0.25) is 0 Å². The van der Waals surface area contributed by atoms with Crippen molar-refractivity contribution in [2.45, 2.75) is 31.0 Å². The van der Waals surface area contributed by atoms with Crippen molar-refractivity contribution >= 4 is 23.8 Å². The Morgan fingerprint density at radius 1 is 0.958 bits per heavy atom. The first kappa shape index (κ1) is 21.8. The quantitative estimate of drug-likeness (QED) is 0.190. The van der Waals surface area contributed by atoms with Crippen LogP contribution >= 0.6 is 0 Å². The van der Waals surface area contributed by atoms with Gasteiger partial charge in [-0.1, -0.05) is 0 Å². The van der Waals surface area contributed by atoms with E-state index < -0.39 is 41.9 Å². The third-order valence-corrected chi connectivity index (χ3v) is 3.31. The molecule has 0 saturated carbocycles. The van der Waals surface area contributed by atoms with Crippen LogP contribution in [0.15, 0.2) is 0 Å². The highest BCUT2D eigenvalue weighted by Crippen LogP contribution is 1.98. The highest BCUT2D eigenvalue weighted by molar-refractivity contribution is 5.88. The Morgan fingerprint density at radius 3 is 1.96 bits per heavy atom. The number of nitrogens with one attached hydrogen (secondary N) is 4. The zero-order chi connectivity index (χ0) is 18.7. The summed E-state index contributed by atoms with van der Waals surface area (Å²) < 4.78 is 0. The van der Waals surface area contributed by atoms with Gasteiger partial charge in [-0.05, 0) is 20.5 Å². The molecule has 11 heteroatoms. The van der Waals surface area contributed by atoms with Crippen LogP contribution in [0, 0.1) is 0 Å². The molecule has 0 saturated heterocycles. The standard InChI is InChI=1S/C13H25N5O6/c1-15-7(3-4-10(19)20)12(22)18-9(13(23)24)6-17-11(21)8(5-14)16-2/h7-9,15-16H,3-6,14H2,1-2H3,(H,17,21)(H,18,22)(H,19,20)(H,23,24)/t7-,8-,9?/m0/s1. The van der Waals surface area contributed by atoms with Gasteiger partial charge in [0.25, 0.3) is 0 Å². The minimum Gasteiger partial charge on any atom is -0.481 e. The highest BCUT2D eigenvalue weighted by atomic mass is 16.4. The molecule has 0 bridgehead atoms. The number of nitrogens with two attached hydrogens (primary N) is 1. The molecule has 0 aliphatic heterocycles. The Balaban J connectivity index is 4.66. The Labute approximate surface area is 139 Å². The molecule has 0 aromatic heterocycles.